The number of thiazole rings is 1. The molecule has 0 aliphatic heterocycles. The first-order valence-electron chi connectivity index (χ1n) is 6.74. The third kappa shape index (κ3) is 4.21. The zero-order chi connectivity index (χ0) is 17.2. The predicted molar refractivity (Wildman–Crippen MR) is 93.1 cm³/mol. The van der Waals surface area contributed by atoms with Crippen molar-refractivity contribution in [3.8, 4) is 10.4 Å². The standard InChI is InChI=1S/C14H16ClN3O3S2/c1-4-16-13(19)18-14-17-8(2)12(22-14)9-5-6-10(15)11(7-9)23(3,20)21/h5-7H,4H2,1-3H3,(H2,16,17,18,19). The minimum atomic E-state index is -3.42. The second-order valence-electron chi connectivity index (χ2n) is 4.84. The fourth-order valence-electron chi connectivity index (χ4n) is 1.95. The molecule has 2 aromatic rings. The summed E-state index contributed by atoms with van der Waals surface area (Å²) in [7, 11) is -3.42. The first-order valence-corrected chi connectivity index (χ1v) is 9.83. The number of rotatable bonds is 4. The average Bonchev–Trinajstić information content (AvgIpc) is 2.79. The average molecular weight is 374 g/mol. The quantitative estimate of drug-likeness (QED) is 0.860. The molecule has 1 heterocycles. The highest BCUT2D eigenvalue weighted by Crippen LogP contribution is 2.35. The smallest absolute Gasteiger partial charge is 0.321 e. The molecule has 23 heavy (non-hydrogen) atoms. The summed E-state index contributed by atoms with van der Waals surface area (Å²) in [6, 6.07) is 4.46. The number of halogens is 1. The number of hydrogen-bond donors (Lipinski definition) is 2. The number of amides is 2. The normalized spacial score (nSPS) is 11.3. The van der Waals surface area contributed by atoms with Gasteiger partial charge in [0, 0.05) is 12.8 Å². The summed E-state index contributed by atoms with van der Waals surface area (Å²) in [6.45, 7) is 4.12. The molecule has 0 spiro atoms. The van der Waals surface area contributed by atoms with Crippen molar-refractivity contribution < 1.29 is 13.2 Å². The van der Waals surface area contributed by atoms with Crippen molar-refractivity contribution in [3.63, 3.8) is 0 Å². The number of aryl methyl sites for hydroxylation is 1. The van der Waals surface area contributed by atoms with Gasteiger partial charge in [0.1, 0.15) is 0 Å². The molecule has 0 bridgehead atoms. The van der Waals surface area contributed by atoms with E-state index < -0.39 is 9.84 Å². The molecule has 0 radical (unpaired) electrons. The molecule has 2 N–H and O–H groups in total. The molecule has 6 nitrogen and oxygen atoms in total. The Morgan fingerprint density at radius 1 is 1.39 bits per heavy atom. The minimum absolute atomic E-state index is 0.0719. The lowest BCUT2D eigenvalue weighted by Crippen LogP contribution is -2.28. The Balaban J connectivity index is 2.40. The van der Waals surface area contributed by atoms with Gasteiger partial charge in [0.05, 0.1) is 20.5 Å². The van der Waals surface area contributed by atoms with Crippen LogP contribution in [0.25, 0.3) is 10.4 Å². The number of carbonyl (C=O) groups is 1. The number of sulfone groups is 1. The zero-order valence-corrected chi connectivity index (χ0v) is 15.2. The molecule has 9 heteroatoms. The third-order valence-corrected chi connectivity index (χ3v) is 5.65. The molecule has 0 aliphatic carbocycles. The summed E-state index contributed by atoms with van der Waals surface area (Å²) < 4.78 is 23.6. The van der Waals surface area contributed by atoms with E-state index in [4.69, 9.17) is 11.6 Å². The van der Waals surface area contributed by atoms with Crippen molar-refractivity contribution in [3.05, 3.63) is 28.9 Å². The van der Waals surface area contributed by atoms with Crippen LogP contribution in [-0.4, -0.2) is 32.2 Å². The van der Waals surface area contributed by atoms with Crippen LogP contribution < -0.4 is 10.6 Å². The maximum Gasteiger partial charge on any atom is 0.321 e. The van der Waals surface area contributed by atoms with Crippen LogP contribution in [0.15, 0.2) is 23.1 Å². The van der Waals surface area contributed by atoms with Gasteiger partial charge in [-0.05, 0) is 31.5 Å². The molecule has 124 valence electrons. The minimum Gasteiger partial charge on any atom is -0.338 e. The second-order valence-corrected chi connectivity index (χ2v) is 8.23. The molecule has 0 aliphatic rings. The highest BCUT2D eigenvalue weighted by Gasteiger charge is 2.17. The van der Waals surface area contributed by atoms with E-state index in [-0.39, 0.29) is 15.9 Å². The van der Waals surface area contributed by atoms with Gasteiger partial charge in [0.2, 0.25) is 0 Å². The Bertz CT molecular complexity index is 847. The van der Waals surface area contributed by atoms with Crippen molar-refractivity contribution in [1.29, 1.82) is 0 Å². The number of nitrogens with one attached hydrogen (secondary N) is 2. The largest absolute Gasteiger partial charge is 0.338 e. The van der Waals surface area contributed by atoms with Crippen LogP contribution >= 0.6 is 22.9 Å². The number of benzene rings is 1. The molecule has 0 atom stereocenters. The first-order chi connectivity index (χ1) is 10.7. The maximum atomic E-state index is 11.8. The van der Waals surface area contributed by atoms with Gasteiger partial charge >= 0.3 is 6.03 Å². The van der Waals surface area contributed by atoms with E-state index in [0.29, 0.717) is 22.9 Å². The lowest BCUT2D eigenvalue weighted by Gasteiger charge is -2.05. The summed E-state index contributed by atoms with van der Waals surface area (Å²) in [5, 5.41) is 5.89. The second kappa shape index (κ2) is 6.86. The molecule has 0 saturated carbocycles. The molecule has 2 rings (SSSR count). The topological polar surface area (TPSA) is 88.2 Å². The molecule has 0 unspecified atom stereocenters. The SMILES string of the molecule is CCNC(=O)Nc1nc(C)c(-c2ccc(Cl)c(S(C)(=O)=O)c2)s1. The lowest BCUT2D eigenvalue weighted by molar-refractivity contribution is 0.252. The maximum absolute atomic E-state index is 11.8. The molecule has 1 aromatic carbocycles. The number of anilines is 1. The van der Waals surface area contributed by atoms with E-state index in [1.54, 1.807) is 19.1 Å². The highest BCUT2D eigenvalue weighted by atomic mass is 35.5. The highest BCUT2D eigenvalue weighted by molar-refractivity contribution is 7.90. The molecular weight excluding hydrogens is 358 g/mol. The molecule has 0 saturated heterocycles. The van der Waals surface area contributed by atoms with Crippen molar-refractivity contribution >= 4 is 43.9 Å². The molecule has 1 aromatic heterocycles. The van der Waals surface area contributed by atoms with E-state index in [9.17, 15) is 13.2 Å². The van der Waals surface area contributed by atoms with Gasteiger partial charge in [-0.3, -0.25) is 5.32 Å². The number of hydrogen-bond acceptors (Lipinski definition) is 5. The van der Waals surface area contributed by atoms with Gasteiger partial charge in [-0.2, -0.15) is 0 Å². The van der Waals surface area contributed by atoms with Crippen LogP contribution in [-0.2, 0) is 9.84 Å². The van der Waals surface area contributed by atoms with Crippen LogP contribution in [0.2, 0.25) is 5.02 Å². The van der Waals surface area contributed by atoms with Crippen molar-refractivity contribution in [1.82, 2.24) is 10.3 Å². The number of carbonyl (C=O) groups excluding carboxylic acids is 1. The Morgan fingerprint density at radius 3 is 2.70 bits per heavy atom. The van der Waals surface area contributed by atoms with Crippen LogP contribution in [0.1, 0.15) is 12.6 Å². The first kappa shape index (κ1) is 17.7. The number of aromatic nitrogens is 1. The fraction of sp³-hybridized carbons (Fsp3) is 0.286. The van der Waals surface area contributed by atoms with E-state index in [0.717, 1.165) is 11.1 Å². The van der Waals surface area contributed by atoms with E-state index in [2.05, 4.69) is 15.6 Å². The van der Waals surface area contributed by atoms with Crippen LogP contribution in [0, 0.1) is 6.92 Å². The zero-order valence-electron chi connectivity index (χ0n) is 12.8. The number of urea groups is 1. The van der Waals surface area contributed by atoms with Crippen molar-refractivity contribution in [2.45, 2.75) is 18.7 Å². The van der Waals surface area contributed by atoms with E-state index >= 15 is 0 Å². The van der Waals surface area contributed by atoms with Gasteiger partial charge in [-0.15, -0.1) is 0 Å². The fourth-order valence-corrected chi connectivity index (χ4v) is 4.21. The predicted octanol–water partition coefficient (Wildman–Crippen LogP) is 3.32. The molecular formula is C14H16ClN3O3S2. The summed E-state index contributed by atoms with van der Waals surface area (Å²) >= 11 is 7.23. The Kier molecular flexibility index (Phi) is 5.28. The van der Waals surface area contributed by atoms with Crippen LogP contribution in [0.3, 0.4) is 0 Å². The van der Waals surface area contributed by atoms with Gasteiger partial charge in [-0.25, -0.2) is 18.2 Å². The van der Waals surface area contributed by atoms with Crippen LogP contribution in [0.5, 0.6) is 0 Å². The summed E-state index contributed by atoms with van der Waals surface area (Å²) in [5.41, 5.74) is 1.39. The Morgan fingerprint density at radius 2 is 2.09 bits per heavy atom. The monoisotopic (exact) mass is 373 g/mol. The van der Waals surface area contributed by atoms with Crippen molar-refractivity contribution in [2.24, 2.45) is 0 Å². The van der Waals surface area contributed by atoms with Crippen molar-refractivity contribution in [2.75, 3.05) is 18.1 Å². The summed E-state index contributed by atoms with van der Waals surface area (Å²) in [6.07, 6.45) is 1.11. The summed E-state index contributed by atoms with van der Waals surface area (Å²) in [4.78, 5) is 16.7. The molecule has 0 fully saturated rings. The van der Waals surface area contributed by atoms with Gasteiger partial charge in [0.15, 0.2) is 15.0 Å². The summed E-state index contributed by atoms with van der Waals surface area (Å²) in [5.74, 6) is 0. The molecule has 2 amide bonds. The lowest BCUT2D eigenvalue weighted by atomic mass is 10.2. The third-order valence-electron chi connectivity index (χ3n) is 2.95. The van der Waals surface area contributed by atoms with Gasteiger partial charge in [0.25, 0.3) is 0 Å². The van der Waals surface area contributed by atoms with E-state index in [1.807, 2.05) is 6.92 Å². The van der Waals surface area contributed by atoms with Gasteiger partial charge in [-0.1, -0.05) is 29.0 Å². The Hall–Kier alpha value is -1.64. The number of nitrogens with zero attached hydrogens (tertiary/aromatic N) is 1. The Labute approximate surface area is 143 Å². The van der Waals surface area contributed by atoms with Crippen LogP contribution in [0.4, 0.5) is 9.93 Å². The van der Waals surface area contributed by atoms with Gasteiger partial charge < -0.3 is 5.32 Å². The van der Waals surface area contributed by atoms with E-state index in [1.165, 1.54) is 17.4 Å².